The molecular weight excluding hydrogens is 266 g/mol. The van der Waals surface area contributed by atoms with Crippen LogP contribution in [0.15, 0.2) is 12.3 Å². The molecule has 2 rings (SSSR count). The van der Waals surface area contributed by atoms with E-state index in [9.17, 15) is 4.79 Å². The number of ether oxygens (including phenoxy) is 1. The summed E-state index contributed by atoms with van der Waals surface area (Å²) in [5, 5.41) is 9.10. The van der Waals surface area contributed by atoms with E-state index >= 15 is 0 Å². The number of pyridine rings is 1. The van der Waals surface area contributed by atoms with Crippen LogP contribution in [0.1, 0.15) is 43.5 Å². The van der Waals surface area contributed by atoms with Gasteiger partial charge in [-0.25, -0.2) is 9.78 Å². The second-order valence-corrected chi connectivity index (χ2v) is 5.73. The number of carboxylic acids is 1. The lowest BCUT2D eigenvalue weighted by Crippen LogP contribution is -2.29. The number of hydrogen-bond acceptors (Lipinski definition) is 3. The minimum absolute atomic E-state index is 0.0722. The molecule has 0 saturated heterocycles. The Morgan fingerprint density at radius 3 is 2.74 bits per heavy atom. The molecule has 0 aliphatic heterocycles. The number of carboxylic acid groups (broad SMARTS) is 1. The third-order valence-corrected chi connectivity index (χ3v) is 4.15. The van der Waals surface area contributed by atoms with Gasteiger partial charge in [0.25, 0.3) is 0 Å². The summed E-state index contributed by atoms with van der Waals surface area (Å²) >= 11 is 6.01. The van der Waals surface area contributed by atoms with Crippen LogP contribution in [0.4, 0.5) is 0 Å². The number of carbonyl (C=O) groups is 1. The number of nitrogens with zero attached hydrogens (tertiary/aromatic N) is 1. The van der Waals surface area contributed by atoms with Gasteiger partial charge in [-0.05, 0) is 37.2 Å². The standard InChI is InChI=1S/C14H18ClNO3/c1-8-3-4-11(5-9(8)2)19-13-12(15)6-10(7-16-13)14(17)18/h6-9,11H,3-5H2,1-2H3,(H,17,18). The van der Waals surface area contributed by atoms with E-state index in [1.54, 1.807) is 0 Å². The lowest BCUT2D eigenvalue weighted by atomic mass is 9.80. The molecule has 1 fully saturated rings. The number of aromatic carboxylic acids is 1. The van der Waals surface area contributed by atoms with Crippen LogP contribution in [0.25, 0.3) is 0 Å². The maximum atomic E-state index is 10.8. The van der Waals surface area contributed by atoms with E-state index in [0.717, 1.165) is 25.2 Å². The highest BCUT2D eigenvalue weighted by Crippen LogP contribution is 2.33. The molecular formula is C14H18ClNO3. The zero-order valence-electron chi connectivity index (χ0n) is 11.1. The van der Waals surface area contributed by atoms with Crippen molar-refractivity contribution in [1.82, 2.24) is 4.98 Å². The smallest absolute Gasteiger partial charge is 0.337 e. The van der Waals surface area contributed by atoms with E-state index in [4.69, 9.17) is 21.4 Å². The Bertz CT molecular complexity index is 478. The summed E-state index contributed by atoms with van der Waals surface area (Å²) in [6.07, 6.45) is 4.51. The van der Waals surface area contributed by atoms with E-state index in [0.29, 0.717) is 11.8 Å². The summed E-state index contributed by atoms with van der Waals surface area (Å²) < 4.78 is 5.80. The fraction of sp³-hybridized carbons (Fsp3) is 0.571. The summed E-state index contributed by atoms with van der Waals surface area (Å²) in [6, 6.07) is 1.38. The molecule has 1 aromatic heterocycles. The molecule has 4 nitrogen and oxygen atoms in total. The Labute approximate surface area is 117 Å². The normalized spacial score (nSPS) is 27.0. The molecule has 3 atom stereocenters. The van der Waals surface area contributed by atoms with Gasteiger partial charge in [-0.2, -0.15) is 0 Å². The Balaban J connectivity index is 2.05. The lowest BCUT2D eigenvalue weighted by molar-refractivity contribution is 0.0696. The van der Waals surface area contributed by atoms with Crippen LogP contribution in [0.2, 0.25) is 5.02 Å². The highest BCUT2D eigenvalue weighted by Gasteiger charge is 2.26. The second-order valence-electron chi connectivity index (χ2n) is 5.32. The summed E-state index contributed by atoms with van der Waals surface area (Å²) in [6.45, 7) is 4.48. The van der Waals surface area contributed by atoms with Gasteiger partial charge in [0.2, 0.25) is 5.88 Å². The van der Waals surface area contributed by atoms with E-state index in [1.165, 1.54) is 12.3 Å². The largest absolute Gasteiger partial charge is 0.478 e. The molecule has 3 unspecified atom stereocenters. The highest BCUT2D eigenvalue weighted by atomic mass is 35.5. The van der Waals surface area contributed by atoms with Crippen molar-refractivity contribution < 1.29 is 14.6 Å². The van der Waals surface area contributed by atoms with Crippen molar-refractivity contribution in [1.29, 1.82) is 0 Å². The fourth-order valence-electron chi connectivity index (χ4n) is 2.39. The maximum absolute atomic E-state index is 10.8. The minimum Gasteiger partial charge on any atom is -0.478 e. The van der Waals surface area contributed by atoms with Crippen LogP contribution in [-0.2, 0) is 0 Å². The Morgan fingerprint density at radius 1 is 1.42 bits per heavy atom. The van der Waals surface area contributed by atoms with Crippen molar-refractivity contribution in [3.8, 4) is 5.88 Å². The molecule has 19 heavy (non-hydrogen) atoms. The zero-order valence-corrected chi connectivity index (χ0v) is 11.9. The first-order valence-corrected chi connectivity index (χ1v) is 6.90. The van der Waals surface area contributed by atoms with Gasteiger partial charge in [0.1, 0.15) is 11.1 Å². The van der Waals surface area contributed by atoms with Gasteiger partial charge >= 0.3 is 5.97 Å². The molecule has 0 radical (unpaired) electrons. The Morgan fingerprint density at radius 2 is 2.16 bits per heavy atom. The topological polar surface area (TPSA) is 59.4 Å². The number of halogens is 1. The monoisotopic (exact) mass is 283 g/mol. The molecule has 5 heteroatoms. The predicted octanol–water partition coefficient (Wildman–Crippen LogP) is 3.64. The van der Waals surface area contributed by atoms with E-state index in [1.807, 2.05) is 0 Å². The predicted molar refractivity (Wildman–Crippen MR) is 72.8 cm³/mol. The molecule has 1 heterocycles. The van der Waals surface area contributed by atoms with E-state index < -0.39 is 5.97 Å². The third kappa shape index (κ3) is 3.38. The van der Waals surface area contributed by atoms with Crippen LogP contribution in [0.5, 0.6) is 5.88 Å². The molecule has 1 aliphatic rings. The van der Waals surface area contributed by atoms with Crippen LogP contribution in [0, 0.1) is 11.8 Å². The number of rotatable bonds is 3. The van der Waals surface area contributed by atoms with Crippen molar-refractivity contribution in [2.24, 2.45) is 11.8 Å². The van der Waals surface area contributed by atoms with Crippen molar-refractivity contribution in [2.75, 3.05) is 0 Å². The summed E-state index contributed by atoms with van der Waals surface area (Å²) in [4.78, 5) is 14.8. The Hall–Kier alpha value is -1.29. The lowest BCUT2D eigenvalue weighted by Gasteiger charge is -2.32. The molecule has 1 saturated carbocycles. The molecule has 0 amide bonds. The molecule has 0 spiro atoms. The Kier molecular flexibility index (Phi) is 4.30. The number of hydrogen-bond donors (Lipinski definition) is 1. The first-order valence-electron chi connectivity index (χ1n) is 6.53. The molecule has 1 aromatic rings. The summed E-state index contributed by atoms with van der Waals surface area (Å²) in [5.41, 5.74) is 0.0722. The van der Waals surface area contributed by atoms with Gasteiger partial charge in [-0.3, -0.25) is 0 Å². The highest BCUT2D eigenvalue weighted by molar-refractivity contribution is 6.32. The molecule has 1 N–H and O–H groups in total. The van der Waals surface area contributed by atoms with Gasteiger partial charge in [0.05, 0.1) is 5.56 Å². The van der Waals surface area contributed by atoms with Crippen LogP contribution in [-0.4, -0.2) is 22.2 Å². The summed E-state index contributed by atoms with van der Waals surface area (Å²) in [5.74, 6) is 0.632. The average molecular weight is 284 g/mol. The average Bonchev–Trinajstić information content (AvgIpc) is 2.36. The van der Waals surface area contributed by atoms with Crippen molar-refractivity contribution >= 4 is 17.6 Å². The van der Waals surface area contributed by atoms with Crippen LogP contribution >= 0.6 is 11.6 Å². The number of aromatic nitrogens is 1. The van der Waals surface area contributed by atoms with Gasteiger partial charge in [-0.15, -0.1) is 0 Å². The fourth-order valence-corrected chi connectivity index (χ4v) is 2.60. The van der Waals surface area contributed by atoms with Gasteiger partial charge in [0.15, 0.2) is 0 Å². The quantitative estimate of drug-likeness (QED) is 0.920. The summed E-state index contributed by atoms with van der Waals surface area (Å²) in [7, 11) is 0. The van der Waals surface area contributed by atoms with Crippen LogP contribution < -0.4 is 4.74 Å². The third-order valence-electron chi connectivity index (χ3n) is 3.88. The zero-order chi connectivity index (χ0) is 14.0. The van der Waals surface area contributed by atoms with Crippen LogP contribution in [0.3, 0.4) is 0 Å². The first kappa shape index (κ1) is 14.1. The van der Waals surface area contributed by atoms with Gasteiger partial charge in [0, 0.05) is 6.20 Å². The van der Waals surface area contributed by atoms with E-state index in [-0.39, 0.29) is 16.7 Å². The molecule has 0 aromatic carbocycles. The maximum Gasteiger partial charge on any atom is 0.337 e. The first-order chi connectivity index (χ1) is 8.97. The van der Waals surface area contributed by atoms with Crippen molar-refractivity contribution in [2.45, 2.75) is 39.2 Å². The van der Waals surface area contributed by atoms with Gasteiger partial charge in [-0.1, -0.05) is 25.4 Å². The van der Waals surface area contributed by atoms with E-state index in [2.05, 4.69) is 18.8 Å². The SMILES string of the molecule is CC1CCC(Oc2ncc(C(=O)O)cc2Cl)CC1C. The second kappa shape index (κ2) is 5.78. The van der Waals surface area contributed by atoms with Crippen molar-refractivity contribution in [3.63, 3.8) is 0 Å². The molecule has 104 valence electrons. The molecule has 0 bridgehead atoms. The van der Waals surface area contributed by atoms with Gasteiger partial charge < -0.3 is 9.84 Å². The molecule has 1 aliphatic carbocycles. The minimum atomic E-state index is -1.04. The van der Waals surface area contributed by atoms with Crippen molar-refractivity contribution in [3.05, 3.63) is 22.8 Å².